The molecule has 2 heteroatoms. The third-order valence-corrected chi connectivity index (χ3v) is 4.38. The maximum Gasteiger partial charge on any atom is 0.0590 e. The van der Waals surface area contributed by atoms with Crippen molar-refractivity contribution in [2.45, 2.75) is 43.7 Å². The molecule has 2 fully saturated rings. The Morgan fingerprint density at radius 3 is 2.53 bits per heavy atom. The van der Waals surface area contributed by atoms with Crippen molar-refractivity contribution in [1.82, 2.24) is 10.6 Å². The van der Waals surface area contributed by atoms with Crippen LogP contribution in [0.25, 0.3) is 0 Å². The topological polar surface area (TPSA) is 24.1 Å². The van der Waals surface area contributed by atoms with Crippen molar-refractivity contribution in [3.8, 4) is 0 Å². The minimum absolute atomic E-state index is 0.190. The van der Waals surface area contributed by atoms with Crippen LogP contribution in [0, 0.1) is 0 Å². The van der Waals surface area contributed by atoms with Crippen molar-refractivity contribution >= 4 is 0 Å². The SMILES string of the molecule is c1ccc(C2(C3CCCN3)CCCCN2)cc1. The first-order chi connectivity index (χ1) is 8.42. The van der Waals surface area contributed by atoms with Gasteiger partial charge in [-0.2, -0.15) is 0 Å². The monoisotopic (exact) mass is 230 g/mol. The van der Waals surface area contributed by atoms with Gasteiger partial charge >= 0.3 is 0 Å². The maximum absolute atomic E-state index is 3.83. The highest BCUT2D eigenvalue weighted by molar-refractivity contribution is 5.28. The summed E-state index contributed by atoms with van der Waals surface area (Å²) in [5, 5.41) is 7.53. The van der Waals surface area contributed by atoms with Gasteiger partial charge in [-0.1, -0.05) is 30.3 Å². The van der Waals surface area contributed by atoms with Crippen LogP contribution < -0.4 is 10.6 Å². The molecule has 2 heterocycles. The lowest BCUT2D eigenvalue weighted by Gasteiger charge is -2.44. The third-order valence-electron chi connectivity index (χ3n) is 4.38. The molecule has 0 aromatic heterocycles. The molecule has 0 saturated carbocycles. The van der Waals surface area contributed by atoms with E-state index in [0.717, 1.165) is 6.54 Å². The smallest absolute Gasteiger partial charge is 0.0590 e. The van der Waals surface area contributed by atoms with Gasteiger partial charge in [-0.25, -0.2) is 0 Å². The fourth-order valence-electron chi connectivity index (χ4n) is 3.51. The van der Waals surface area contributed by atoms with Gasteiger partial charge in [0.15, 0.2) is 0 Å². The zero-order chi connectivity index (χ0) is 11.6. The highest BCUT2D eigenvalue weighted by Crippen LogP contribution is 2.36. The van der Waals surface area contributed by atoms with Gasteiger partial charge in [0.05, 0.1) is 5.54 Å². The van der Waals surface area contributed by atoms with Crippen LogP contribution in [0.3, 0.4) is 0 Å². The van der Waals surface area contributed by atoms with Gasteiger partial charge in [0, 0.05) is 6.04 Å². The maximum atomic E-state index is 3.83. The quantitative estimate of drug-likeness (QED) is 0.815. The van der Waals surface area contributed by atoms with E-state index in [2.05, 4.69) is 41.0 Å². The average Bonchev–Trinajstić information content (AvgIpc) is 2.95. The summed E-state index contributed by atoms with van der Waals surface area (Å²) < 4.78 is 0. The van der Waals surface area contributed by atoms with Crippen LogP contribution >= 0.6 is 0 Å². The molecular weight excluding hydrogens is 208 g/mol. The van der Waals surface area contributed by atoms with Crippen LogP contribution in [0.15, 0.2) is 30.3 Å². The van der Waals surface area contributed by atoms with Crippen LogP contribution in [0.1, 0.15) is 37.7 Å². The first-order valence-electron chi connectivity index (χ1n) is 6.96. The fourth-order valence-corrected chi connectivity index (χ4v) is 3.51. The summed E-state index contributed by atoms with van der Waals surface area (Å²) in [4.78, 5) is 0. The van der Waals surface area contributed by atoms with Crippen molar-refractivity contribution in [3.63, 3.8) is 0 Å². The summed E-state index contributed by atoms with van der Waals surface area (Å²) in [6.45, 7) is 2.34. The molecule has 17 heavy (non-hydrogen) atoms. The van der Waals surface area contributed by atoms with Crippen LogP contribution in [-0.2, 0) is 5.54 Å². The van der Waals surface area contributed by atoms with Crippen LogP contribution in [0.2, 0.25) is 0 Å². The summed E-state index contributed by atoms with van der Waals surface area (Å²) in [5.74, 6) is 0. The van der Waals surface area contributed by atoms with E-state index in [1.165, 1.54) is 44.2 Å². The Hall–Kier alpha value is -0.860. The standard InChI is InChI=1S/C15H22N2/c1-2-7-13(8-3-1)15(10-4-5-12-17-15)14-9-6-11-16-14/h1-3,7-8,14,16-17H,4-6,9-12H2. The number of hydrogen-bond donors (Lipinski definition) is 2. The number of hydrogen-bond acceptors (Lipinski definition) is 2. The van der Waals surface area contributed by atoms with E-state index in [4.69, 9.17) is 0 Å². The van der Waals surface area contributed by atoms with Gasteiger partial charge < -0.3 is 10.6 Å². The average molecular weight is 230 g/mol. The van der Waals surface area contributed by atoms with E-state index >= 15 is 0 Å². The lowest BCUT2D eigenvalue weighted by molar-refractivity contribution is 0.196. The molecule has 3 rings (SSSR count). The normalized spacial score (nSPS) is 33.8. The minimum Gasteiger partial charge on any atom is -0.312 e. The van der Waals surface area contributed by atoms with Crippen molar-refractivity contribution in [1.29, 1.82) is 0 Å². The van der Waals surface area contributed by atoms with Crippen molar-refractivity contribution < 1.29 is 0 Å². The molecule has 0 aliphatic carbocycles. The second-order valence-electron chi connectivity index (χ2n) is 5.37. The second kappa shape index (κ2) is 4.79. The Bertz CT molecular complexity index is 348. The molecule has 92 valence electrons. The molecule has 2 unspecified atom stereocenters. The van der Waals surface area contributed by atoms with E-state index in [0.29, 0.717) is 6.04 Å². The number of nitrogens with one attached hydrogen (secondary N) is 2. The summed E-state index contributed by atoms with van der Waals surface area (Å²) in [5.41, 5.74) is 1.66. The molecule has 1 aromatic carbocycles. The lowest BCUT2D eigenvalue weighted by Crippen LogP contribution is -2.57. The van der Waals surface area contributed by atoms with E-state index in [-0.39, 0.29) is 5.54 Å². The molecule has 2 saturated heterocycles. The van der Waals surface area contributed by atoms with Crippen LogP contribution in [-0.4, -0.2) is 19.1 Å². The first kappa shape index (κ1) is 11.2. The number of rotatable bonds is 2. The van der Waals surface area contributed by atoms with E-state index in [1.54, 1.807) is 0 Å². The summed E-state index contributed by atoms with van der Waals surface area (Å²) in [6.07, 6.45) is 6.57. The van der Waals surface area contributed by atoms with Crippen molar-refractivity contribution in [2.24, 2.45) is 0 Å². The van der Waals surface area contributed by atoms with Gasteiger partial charge in [-0.15, -0.1) is 0 Å². The van der Waals surface area contributed by atoms with Gasteiger partial charge in [0.2, 0.25) is 0 Å². The molecule has 2 atom stereocenters. The van der Waals surface area contributed by atoms with Crippen LogP contribution in [0.5, 0.6) is 0 Å². The summed E-state index contributed by atoms with van der Waals surface area (Å²) in [6, 6.07) is 11.6. The molecule has 1 aromatic rings. The molecule has 2 aliphatic heterocycles. The van der Waals surface area contributed by atoms with Gasteiger partial charge in [0.25, 0.3) is 0 Å². The molecule has 2 aliphatic rings. The molecule has 2 N–H and O–H groups in total. The Labute approximate surface area is 104 Å². The molecule has 0 bridgehead atoms. The molecule has 2 nitrogen and oxygen atoms in total. The van der Waals surface area contributed by atoms with E-state index < -0.39 is 0 Å². The molecular formula is C15H22N2. The first-order valence-corrected chi connectivity index (χ1v) is 6.96. The summed E-state index contributed by atoms with van der Waals surface area (Å²) in [7, 11) is 0. The van der Waals surface area contributed by atoms with Gasteiger partial charge in [0.1, 0.15) is 0 Å². The highest BCUT2D eigenvalue weighted by atomic mass is 15.1. The zero-order valence-corrected chi connectivity index (χ0v) is 10.4. The Balaban J connectivity index is 1.95. The third kappa shape index (κ3) is 2.00. The highest BCUT2D eigenvalue weighted by Gasteiger charge is 2.41. The Morgan fingerprint density at radius 2 is 1.88 bits per heavy atom. The Morgan fingerprint density at radius 1 is 1.00 bits per heavy atom. The van der Waals surface area contributed by atoms with E-state index in [1.807, 2.05) is 0 Å². The molecule has 0 amide bonds. The Kier molecular flexibility index (Phi) is 3.17. The van der Waals surface area contributed by atoms with Crippen LogP contribution in [0.4, 0.5) is 0 Å². The lowest BCUT2D eigenvalue weighted by atomic mass is 9.76. The minimum atomic E-state index is 0.190. The molecule has 0 radical (unpaired) electrons. The van der Waals surface area contributed by atoms with E-state index in [9.17, 15) is 0 Å². The molecule has 0 spiro atoms. The van der Waals surface area contributed by atoms with Gasteiger partial charge in [-0.05, 0) is 50.8 Å². The second-order valence-corrected chi connectivity index (χ2v) is 5.37. The largest absolute Gasteiger partial charge is 0.312 e. The fraction of sp³-hybridized carbons (Fsp3) is 0.600. The predicted octanol–water partition coefficient (Wildman–Crippen LogP) is 2.41. The van der Waals surface area contributed by atoms with Gasteiger partial charge in [-0.3, -0.25) is 0 Å². The van der Waals surface area contributed by atoms with Crippen molar-refractivity contribution in [2.75, 3.05) is 13.1 Å². The van der Waals surface area contributed by atoms with Crippen molar-refractivity contribution in [3.05, 3.63) is 35.9 Å². The zero-order valence-electron chi connectivity index (χ0n) is 10.4. The summed E-state index contributed by atoms with van der Waals surface area (Å²) >= 11 is 0. The predicted molar refractivity (Wildman–Crippen MR) is 71.0 cm³/mol. The number of benzene rings is 1. The number of piperidine rings is 1.